The summed E-state index contributed by atoms with van der Waals surface area (Å²) in [5.74, 6) is -10.9. The van der Waals surface area contributed by atoms with Crippen LogP contribution in [0.2, 0.25) is 0 Å². The van der Waals surface area contributed by atoms with Crippen molar-refractivity contribution in [3.05, 3.63) is 0 Å². The molecule has 124 valence electrons. The average molecular weight is 774 g/mol. The first kappa shape index (κ1) is 36.3. The Morgan fingerprint density at radius 2 is 0.429 bits per heavy atom. The third-order valence-electron chi connectivity index (χ3n) is 0.549. The molecule has 0 saturated heterocycles. The number of hydrogen-bond acceptors (Lipinski definition) is 6. The molecule has 15 heteroatoms. The molecule has 0 amide bonds. The molecule has 0 heterocycles. The maximum absolute atomic E-state index is 9.10. The van der Waals surface area contributed by atoms with E-state index in [2.05, 4.69) is 0 Å². The third kappa shape index (κ3) is 46.5. The van der Waals surface area contributed by atoms with Crippen LogP contribution >= 0.6 is 0 Å². The second-order valence-electron chi connectivity index (χ2n) is 1.83. The summed E-state index contributed by atoms with van der Waals surface area (Å²) in [5.41, 5.74) is 0. The van der Waals surface area contributed by atoms with Crippen molar-refractivity contribution in [1.29, 1.82) is 0 Å². The molecule has 0 rings (SSSR count). The van der Waals surface area contributed by atoms with E-state index in [0.717, 1.165) is 0 Å². The van der Waals surface area contributed by atoms with E-state index in [1.807, 2.05) is 0 Å². The van der Waals surface area contributed by atoms with Gasteiger partial charge in [-0.25, -0.2) is 28.8 Å². The molecule has 0 atom stereocenters. The van der Waals surface area contributed by atoms with Gasteiger partial charge in [-0.1, -0.05) is 0 Å². The quantitative estimate of drug-likeness (QED) is 0.132. The van der Waals surface area contributed by atoms with Crippen molar-refractivity contribution in [2.45, 2.75) is 0 Å². The van der Waals surface area contributed by atoms with Crippen molar-refractivity contribution in [1.82, 2.24) is 0 Å². The smallest absolute Gasteiger partial charge is 0.414 e. The van der Waals surface area contributed by atoms with Gasteiger partial charge in [0.25, 0.3) is 0 Å². The Morgan fingerprint density at radius 1 is 0.381 bits per heavy atom. The summed E-state index contributed by atoms with van der Waals surface area (Å²) >= 11 is 0. The summed E-state index contributed by atoms with van der Waals surface area (Å²) < 4.78 is 0. The van der Waals surface area contributed by atoms with Crippen LogP contribution < -0.4 is 0 Å². The van der Waals surface area contributed by atoms with E-state index in [4.69, 9.17) is 59.4 Å². The van der Waals surface area contributed by atoms with E-state index in [1.54, 1.807) is 0 Å². The van der Waals surface area contributed by atoms with E-state index in [0.29, 0.717) is 0 Å². The normalized spacial score (nSPS) is 6.29. The van der Waals surface area contributed by atoms with Crippen LogP contribution in [-0.4, -0.2) is 71.9 Å². The SMILES string of the molecule is O.O=C(O)C(=O)O.O=C(O)C(=O)O.O=C(O)C(=O)O.[Am].[Am]. The number of rotatable bonds is 0. The van der Waals surface area contributed by atoms with E-state index in [1.165, 1.54) is 0 Å². The Hall–Kier alpha value is -2.44. The minimum Gasteiger partial charge on any atom is -0.473 e. The number of carboxylic acids is 6. The third-order valence-corrected chi connectivity index (χ3v) is 0.549. The molecular weight excluding hydrogens is 766 g/mol. The first-order valence-corrected chi connectivity index (χ1v) is 3.32. The van der Waals surface area contributed by atoms with Crippen LogP contribution in [0.5, 0.6) is 0 Å². The van der Waals surface area contributed by atoms with Gasteiger partial charge in [0.15, 0.2) is 0 Å². The molecule has 0 saturated carbocycles. The second-order valence-corrected chi connectivity index (χ2v) is 1.83. The molecule has 0 aromatic heterocycles. The van der Waals surface area contributed by atoms with Crippen molar-refractivity contribution >= 4 is 35.8 Å². The van der Waals surface area contributed by atoms with Gasteiger partial charge >= 0.3 is 35.8 Å². The molecule has 0 aromatic rings. The van der Waals surface area contributed by atoms with Gasteiger partial charge in [0, 0.05) is 28.6 Å². The van der Waals surface area contributed by atoms with Gasteiger partial charge in [-0.2, -0.15) is 0 Å². The van der Waals surface area contributed by atoms with Crippen LogP contribution in [0, 0.1) is 28.6 Å². The largest absolute Gasteiger partial charge is 0.473 e. The summed E-state index contributed by atoms with van der Waals surface area (Å²) in [6.07, 6.45) is 0. The molecule has 0 aromatic carbocycles. The average Bonchev–Trinajstić information content (AvgIpc) is 2.18. The monoisotopic (exact) mass is 770 g/mol. The zero-order valence-corrected chi connectivity index (χ0v) is 15.7. The number of carbonyl (C=O) groups is 6. The number of carboxylic acid groups (broad SMARTS) is 6. The van der Waals surface area contributed by atoms with E-state index in [9.17, 15) is 0 Å². The predicted molar refractivity (Wildman–Crippen MR) is 49.4 cm³/mol. The second kappa shape index (κ2) is 19.9. The van der Waals surface area contributed by atoms with Gasteiger partial charge in [0.2, 0.25) is 0 Å². The Morgan fingerprint density at radius 3 is 0.429 bits per heavy atom. The van der Waals surface area contributed by atoms with Crippen molar-refractivity contribution in [3.8, 4) is 0 Å². The van der Waals surface area contributed by atoms with E-state index in [-0.39, 0.29) is 34.0 Å². The number of aliphatic carboxylic acids is 6. The fourth-order valence-corrected chi connectivity index (χ4v) is 0. The molecule has 0 unspecified atom stereocenters. The first-order chi connectivity index (χ1) is 7.93. The molecule has 0 aliphatic carbocycles. The summed E-state index contributed by atoms with van der Waals surface area (Å²) in [4.78, 5) is 54.6. The Balaban J connectivity index is -0.0000000375. The summed E-state index contributed by atoms with van der Waals surface area (Å²) in [7, 11) is 0. The van der Waals surface area contributed by atoms with Crippen LogP contribution in [0.15, 0.2) is 0 Å². The Labute approximate surface area is 130 Å². The molecule has 0 fully saturated rings. The fraction of sp³-hybridized carbons (Fsp3) is 0. The minimum atomic E-state index is -1.82. The van der Waals surface area contributed by atoms with Crippen molar-refractivity contribution in [2.24, 2.45) is 0 Å². The maximum Gasteiger partial charge on any atom is 0.414 e. The van der Waals surface area contributed by atoms with Gasteiger partial charge in [0.1, 0.15) is 0 Å². The molecule has 8 N–H and O–H groups in total. The zero-order valence-electron chi connectivity index (χ0n) is 9.39. The molecule has 0 spiro atoms. The van der Waals surface area contributed by atoms with Crippen LogP contribution in [0.25, 0.3) is 0 Å². The Bertz CT molecular complexity index is 282. The molecular formula is C6H8Am2O13. The molecule has 0 aliphatic heterocycles. The first-order valence-electron chi connectivity index (χ1n) is 3.32. The van der Waals surface area contributed by atoms with Crippen molar-refractivity contribution in [2.75, 3.05) is 0 Å². The van der Waals surface area contributed by atoms with E-state index >= 15 is 0 Å². The summed E-state index contributed by atoms with van der Waals surface area (Å²) in [5, 5.41) is 44.3. The van der Waals surface area contributed by atoms with Crippen LogP contribution in [0.4, 0.5) is 0 Å². The maximum atomic E-state index is 9.10. The molecule has 13 nitrogen and oxygen atoms in total. The summed E-state index contributed by atoms with van der Waals surface area (Å²) in [6.45, 7) is 0. The molecule has 0 aliphatic rings. The van der Waals surface area contributed by atoms with Crippen molar-refractivity contribution < 1.29 is 93.4 Å². The standard InChI is InChI=1S/3C2H2O4.2Am.H2O/c3*3-1(4)2(5)6;;;/h3*(H,3,4)(H,5,6);;;1H2. The van der Waals surface area contributed by atoms with Gasteiger partial charge < -0.3 is 36.1 Å². The Kier molecular flexibility index (Phi) is 34.4. The van der Waals surface area contributed by atoms with Gasteiger partial charge in [-0.15, -0.1) is 0 Å². The van der Waals surface area contributed by atoms with Crippen LogP contribution in [0.3, 0.4) is 0 Å². The van der Waals surface area contributed by atoms with E-state index < -0.39 is 35.8 Å². The number of hydrogen-bond donors (Lipinski definition) is 6. The van der Waals surface area contributed by atoms with Gasteiger partial charge in [0.05, 0.1) is 0 Å². The van der Waals surface area contributed by atoms with Crippen LogP contribution in [-0.2, 0) is 28.8 Å². The van der Waals surface area contributed by atoms with Crippen LogP contribution in [0.1, 0.15) is 0 Å². The molecule has 2 radical (unpaired) electrons. The van der Waals surface area contributed by atoms with Crippen molar-refractivity contribution in [3.63, 3.8) is 0 Å². The van der Waals surface area contributed by atoms with Gasteiger partial charge in [-0.3, -0.25) is 0 Å². The minimum absolute atomic E-state index is 0. The fourth-order valence-electron chi connectivity index (χ4n) is 0. The van der Waals surface area contributed by atoms with Gasteiger partial charge in [-0.05, 0) is 0 Å². The molecule has 21 heavy (non-hydrogen) atoms. The summed E-state index contributed by atoms with van der Waals surface area (Å²) in [6, 6.07) is 0. The topological polar surface area (TPSA) is 255 Å². The predicted octanol–water partition coefficient (Wildman–Crippen LogP) is -3.36. The zero-order chi connectivity index (χ0) is 15.5. The molecule has 0 bridgehead atoms.